The molecule has 2 aromatic heterocycles. The molecule has 38 heavy (non-hydrogen) atoms. The lowest BCUT2D eigenvalue weighted by atomic mass is 9.73. The number of amides is 3. The van der Waals surface area contributed by atoms with Gasteiger partial charge in [-0.15, -0.1) is 0 Å². The number of halogens is 3. The van der Waals surface area contributed by atoms with Crippen molar-refractivity contribution in [1.29, 1.82) is 0 Å². The van der Waals surface area contributed by atoms with E-state index in [9.17, 15) is 27.6 Å². The lowest BCUT2D eigenvalue weighted by molar-refractivity contribution is -0.142. The van der Waals surface area contributed by atoms with Crippen LogP contribution in [0.25, 0.3) is 5.65 Å². The van der Waals surface area contributed by atoms with Crippen molar-refractivity contribution < 1.29 is 32.3 Å². The van der Waals surface area contributed by atoms with Gasteiger partial charge in [0.2, 0.25) is 11.8 Å². The highest BCUT2D eigenvalue weighted by Crippen LogP contribution is 2.38. The van der Waals surface area contributed by atoms with Crippen LogP contribution in [0.2, 0.25) is 0 Å². The van der Waals surface area contributed by atoms with Gasteiger partial charge in [0, 0.05) is 37.5 Å². The van der Waals surface area contributed by atoms with E-state index in [0.29, 0.717) is 37.0 Å². The molecule has 2 aliphatic heterocycles. The van der Waals surface area contributed by atoms with Crippen molar-refractivity contribution in [2.24, 2.45) is 5.41 Å². The molecular weight excluding hydrogens is 505 g/mol. The average molecular weight is 539 g/mol. The Kier molecular flexibility index (Phi) is 7.96. The zero-order chi connectivity index (χ0) is 27.7. The van der Waals surface area contributed by atoms with Crippen molar-refractivity contribution in [3.63, 3.8) is 0 Å². The number of nitrogens with one attached hydrogen (secondary N) is 2. The molecule has 2 fully saturated rings. The molecule has 1 spiro atoms. The maximum Gasteiger partial charge on any atom is 0.433 e. The first-order valence-corrected chi connectivity index (χ1v) is 12.8. The van der Waals surface area contributed by atoms with Crippen molar-refractivity contribution in [1.82, 2.24) is 30.1 Å². The summed E-state index contributed by atoms with van der Waals surface area (Å²) >= 11 is 0. The van der Waals surface area contributed by atoms with E-state index in [1.807, 2.05) is 6.92 Å². The van der Waals surface area contributed by atoms with Crippen LogP contribution in [0.3, 0.4) is 0 Å². The summed E-state index contributed by atoms with van der Waals surface area (Å²) in [5.41, 5.74) is -1.82. The molecule has 4 heterocycles. The monoisotopic (exact) mass is 538 g/mol. The fraction of sp³-hybridized carbons (Fsp3) is 0.640. The van der Waals surface area contributed by atoms with Crippen molar-refractivity contribution in [2.45, 2.75) is 71.1 Å². The third-order valence-corrected chi connectivity index (χ3v) is 7.25. The highest BCUT2D eigenvalue weighted by Gasteiger charge is 2.43. The minimum atomic E-state index is -4.66. The topological polar surface area (TPSA) is 118 Å². The Labute approximate surface area is 218 Å². The lowest BCUT2D eigenvalue weighted by Gasteiger charge is -2.41. The standard InChI is InChI=1S/C25H33F3N6O4/c1-15-12-19(25(26,27)28)34-20(29-15)13-18(32-34)22(36)33-9-7-24(8-10-33)6-4-5-11-38-14-16(2)30-21(35)17(3)31-23(24)37/h12-13,16-17H,4-11,14H2,1-3H3,(H,30,35)(H,31,37)/t16-,17-/m0/s1. The fourth-order valence-corrected chi connectivity index (χ4v) is 5.05. The van der Waals surface area contributed by atoms with Gasteiger partial charge in [-0.2, -0.15) is 18.3 Å². The quantitative estimate of drug-likeness (QED) is 0.576. The Hall–Kier alpha value is -3.22. The molecule has 4 rings (SSSR count). The summed E-state index contributed by atoms with van der Waals surface area (Å²) in [6.45, 7) is 6.27. The Balaban J connectivity index is 1.50. The SMILES string of the molecule is Cc1cc(C(F)(F)F)n2nc(C(=O)N3CCC4(CCCCOC[C@H](C)NC(=O)[C@H](C)NC4=O)CC3)cc2n1. The van der Waals surface area contributed by atoms with Gasteiger partial charge in [0.15, 0.2) is 11.3 Å². The summed E-state index contributed by atoms with van der Waals surface area (Å²) in [7, 11) is 0. The van der Waals surface area contributed by atoms with Crippen molar-refractivity contribution in [3.05, 3.63) is 29.2 Å². The minimum Gasteiger partial charge on any atom is -0.379 e. The molecule has 3 amide bonds. The second-order valence-corrected chi connectivity index (χ2v) is 10.3. The molecule has 2 N–H and O–H groups in total. The number of alkyl halides is 3. The number of rotatable bonds is 1. The van der Waals surface area contributed by atoms with E-state index >= 15 is 0 Å². The van der Waals surface area contributed by atoms with Gasteiger partial charge >= 0.3 is 6.18 Å². The first kappa shape index (κ1) is 27.8. The third-order valence-electron chi connectivity index (χ3n) is 7.25. The Morgan fingerprint density at radius 2 is 1.82 bits per heavy atom. The number of aryl methyl sites for hydroxylation is 1. The first-order chi connectivity index (χ1) is 17.9. The number of hydrogen-bond acceptors (Lipinski definition) is 6. The lowest BCUT2D eigenvalue weighted by Crippen LogP contribution is -2.55. The molecular formula is C25H33F3N6O4. The highest BCUT2D eigenvalue weighted by molar-refractivity contribution is 5.94. The van der Waals surface area contributed by atoms with Gasteiger partial charge in [-0.25, -0.2) is 9.50 Å². The third kappa shape index (κ3) is 5.92. The zero-order valence-electron chi connectivity index (χ0n) is 21.7. The Bertz CT molecular complexity index is 1210. The maximum atomic E-state index is 13.5. The molecule has 2 aromatic rings. The van der Waals surface area contributed by atoms with Gasteiger partial charge in [0.1, 0.15) is 11.7 Å². The summed E-state index contributed by atoms with van der Waals surface area (Å²) in [6.07, 6.45) is -1.89. The zero-order valence-corrected chi connectivity index (χ0v) is 21.7. The molecule has 2 aliphatic rings. The first-order valence-electron chi connectivity index (χ1n) is 12.8. The molecule has 0 saturated carbocycles. The number of ether oxygens (including phenoxy) is 1. The number of fused-ring (bicyclic) bond motifs is 1. The van der Waals surface area contributed by atoms with Gasteiger partial charge in [0.05, 0.1) is 12.0 Å². The van der Waals surface area contributed by atoms with Crippen molar-refractivity contribution >= 4 is 23.4 Å². The highest BCUT2D eigenvalue weighted by atomic mass is 19.4. The van der Waals surface area contributed by atoms with Gasteiger partial charge in [-0.05, 0) is 52.5 Å². The molecule has 2 atom stereocenters. The van der Waals surface area contributed by atoms with Crippen LogP contribution in [-0.4, -0.2) is 75.6 Å². The number of carbonyl (C=O) groups excluding carboxylic acids is 3. The number of piperidine rings is 1. The molecule has 0 unspecified atom stereocenters. The van der Waals surface area contributed by atoms with Crippen molar-refractivity contribution in [2.75, 3.05) is 26.3 Å². The van der Waals surface area contributed by atoms with E-state index in [1.165, 1.54) is 17.9 Å². The van der Waals surface area contributed by atoms with Crippen LogP contribution in [0, 0.1) is 12.3 Å². The van der Waals surface area contributed by atoms with Gasteiger partial charge in [0.25, 0.3) is 5.91 Å². The Morgan fingerprint density at radius 3 is 2.50 bits per heavy atom. The molecule has 13 heteroatoms. The number of likely N-dealkylation sites (tertiary alicyclic amines) is 1. The van der Waals surface area contributed by atoms with E-state index in [2.05, 4.69) is 20.7 Å². The summed E-state index contributed by atoms with van der Waals surface area (Å²) in [5.74, 6) is -1.05. The van der Waals surface area contributed by atoms with Crippen LogP contribution < -0.4 is 10.6 Å². The maximum absolute atomic E-state index is 13.5. The fourth-order valence-electron chi connectivity index (χ4n) is 5.05. The molecule has 0 radical (unpaired) electrons. The number of aromatic nitrogens is 3. The normalized spacial score (nSPS) is 23.8. The number of nitrogens with zero attached hydrogens (tertiary/aromatic N) is 4. The second kappa shape index (κ2) is 10.9. The van der Waals surface area contributed by atoms with Crippen LogP contribution in [0.4, 0.5) is 13.2 Å². The molecule has 208 valence electrons. The van der Waals surface area contributed by atoms with Gasteiger partial charge in [-0.1, -0.05) is 6.42 Å². The van der Waals surface area contributed by atoms with E-state index in [1.54, 1.807) is 6.92 Å². The van der Waals surface area contributed by atoms with Crippen LogP contribution in [0.15, 0.2) is 12.1 Å². The molecule has 0 bridgehead atoms. The molecule has 2 saturated heterocycles. The van der Waals surface area contributed by atoms with Gasteiger partial charge in [-0.3, -0.25) is 14.4 Å². The molecule has 10 nitrogen and oxygen atoms in total. The summed E-state index contributed by atoms with van der Waals surface area (Å²) in [6, 6.07) is 1.22. The second-order valence-electron chi connectivity index (χ2n) is 10.3. The number of carbonyl (C=O) groups is 3. The predicted octanol–water partition coefficient (Wildman–Crippen LogP) is 2.49. The smallest absolute Gasteiger partial charge is 0.379 e. The average Bonchev–Trinajstić information content (AvgIpc) is 3.28. The Morgan fingerprint density at radius 1 is 1.11 bits per heavy atom. The van der Waals surface area contributed by atoms with E-state index in [0.717, 1.165) is 18.9 Å². The van der Waals surface area contributed by atoms with Crippen LogP contribution in [0.1, 0.15) is 67.8 Å². The summed E-state index contributed by atoms with van der Waals surface area (Å²) in [4.78, 5) is 44.7. The van der Waals surface area contributed by atoms with E-state index < -0.39 is 29.2 Å². The minimum absolute atomic E-state index is 0.0624. The van der Waals surface area contributed by atoms with Gasteiger partial charge < -0.3 is 20.3 Å². The van der Waals surface area contributed by atoms with Crippen LogP contribution >= 0.6 is 0 Å². The van der Waals surface area contributed by atoms with Crippen LogP contribution in [-0.2, 0) is 20.5 Å². The van der Waals surface area contributed by atoms with E-state index in [4.69, 9.17) is 4.74 Å². The van der Waals surface area contributed by atoms with Crippen LogP contribution in [0.5, 0.6) is 0 Å². The summed E-state index contributed by atoms with van der Waals surface area (Å²) in [5, 5.41) is 9.60. The largest absolute Gasteiger partial charge is 0.433 e. The molecule has 0 aliphatic carbocycles. The molecule has 0 aromatic carbocycles. The summed E-state index contributed by atoms with van der Waals surface area (Å²) < 4.78 is 46.8. The van der Waals surface area contributed by atoms with E-state index in [-0.39, 0.29) is 48.0 Å². The van der Waals surface area contributed by atoms with Crippen molar-refractivity contribution in [3.8, 4) is 0 Å². The number of hydrogen-bond donors (Lipinski definition) is 2. The predicted molar refractivity (Wildman–Crippen MR) is 130 cm³/mol.